The highest BCUT2D eigenvalue weighted by Gasteiger charge is 2.52. The Balaban J connectivity index is 1.60. The monoisotopic (exact) mass is 327 g/mol. The number of anilines is 1. The van der Waals surface area contributed by atoms with E-state index in [-0.39, 0.29) is 16.1 Å². The van der Waals surface area contributed by atoms with Crippen molar-refractivity contribution in [2.24, 2.45) is 5.41 Å². The van der Waals surface area contributed by atoms with Gasteiger partial charge < -0.3 is 4.90 Å². The minimum Gasteiger partial charge on any atom is -0.355 e. The molecule has 22 heavy (non-hydrogen) atoms. The van der Waals surface area contributed by atoms with Gasteiger partial charge in [0.25, 0.3) is 0 Å². The Morgan fingerprint density at radius 3 is 2.64 bits per heavy atom. The van der Waals surface area contributed by atoms with Crippen LogP contribution in [0.2, 0.25) is 0 Å². The molecule has 0 unspecified atom stereocenters. The molecule has 4 nitrogen and oxygen atoms in total. The standard InChI is InChI=1S/C14H12F3N3OS/c15-14(16,17)4-9-1-10-11(18-7-19-12(10)22-9)20-5-13(6-20)2-8(21)3-13/h1,7H,2-6H2. The van der Waals surface area contributed by atoms with E-state index in [1.165, 1.54) is 6.33 Å². The zero-order chi connectivity index (χ0) is 15.5. The molecule has 0 amide bonds. The highest BCUT2D eigenvalue weighted by atomic mass is 32.1. The summed E-state index contributed by atoms with van der Waals surface area (Å²) in [5, 5.41) is 0.673. The van der Waals surface area contributed by atoms with E-state index in [9.17, 15) is 18.0 Å². The first kappa shape index (κ1) is 13.9. The molecule has 4 rings (SSSR count). The van der Waals surface area contributed by atoms with Gasteiger partial charge in [0, 0.05) is 36.2 Å². The SMILES string of the molecule is O=C1CC2(C1)CN(c1ncnc3sc(CC(F)(F)F)cc13)C2. The van der Waals surface area contributed by atoms with Crippen LogP contribution in [-0.2, 0) is 11.2 Å². The number of Topliss-reactive ketones (excluding diaryl/α,β-unsaturated/α-hetero) is 1. The number of alkyl halides is 3. The van der Waals surface area contributed by atoms with E-state index in [2.05, 4.69) is 9.97 Å². The normalized spacial score (nSPS) is 20.3. The molecule has 2 fully saturated rings. The van der Waals surface area contributed by atoms with Crippen molar-refractivity contribution in [2.45, 2.75) is 25.4 Å². The summed E-state index contributed by atoms with van der Waals surface area (Å²) in [5.74, 6) is 0.968. The van der Waals surface area contributed by atoms with Crippen molar-refractivity contribution >= 4 is 33.2 Å². The lowest BCUT2D eigenvalue weighted by Gasteiger charge is -2.55. The fraction of sp³-hybridized carbons (Fsp3) is 0.500. The third-order valence-electron chi connectivity index (χ3n) is 4.23. The smallest absolute Gasteiger partial charge is 0.355 e. The number of rotatable bonds is 2. The third-order valence-corrected chi connectivity index (χ3v) is 5.27. The van der Waals surface area contributed by atoms with Crippen molar-refractivity contribution in [3.63, 3.8) is 0 Å². The molecule has 0 aromatic carbocycles. The number of carbonyl (C=O) groups excluding carboxylic acids is 1. The number of thiophene rings is 1. The first-order valence-corrected chi connectivity index (χ1v) is 7.72. The number of nitrogens with zero attached hydrogens (tertiary/aromatic N) is 3. The average molecular weight is 327 g/mol. The lowest BCUT2D eigenvalue weighted by atomic mass is 9.63. The zero-order valence-electron chi connectivity index (χ0n) is 11.5. The van der Waals surface area contributed by atoms with Crippen LogP contribution in [0.15, 0.2) is 12.4 Å². The van der Waals surface area contributed by atoms with E-state index >= 15 is 0 Å². The van der Waals surface area contributed by atoms with Crippen LogP contribution < -0.4 is 4.90 Å². The Hall–Kier alpha value is -1.70. The maximum atomic E-state index is 12.5. The molecular weight excluding hydrogens is 315 g/mol. The number of carbonyl (C=O) groups is 1. The molecule has 2 aliphatic rings. The zero-order valence-corrected chi connectivity index (χ0v) is 12.3. The van der Waals surface area contributed by atoms with Crippen molar-refractivity contribution in [2.75, 3.05) is 18.0 Å². The number of hydrogen-bond acceptors (Lipinski definition) is 5. The van der Waals surface area contributed by atoms with Crippen LogP contribution in [0, 0.1) is 5.41 Å². The van der Waals surface area contributed by atoms with Gasteiger partial charge in [-0.05, 0) is 6.07 Å². The maximum Gasteiger partial charge on any atom is 0.393 e. The molecule has 1 spiro atoms. The van der Waals surface area contributed by atoms with Gasteiger partial charge in [-0.15, -0.1) is 11.3 Å². The second-order valence-corrected chi connectivity index (χ2v) is 7.28. The second-order valence-electron chi connectivity index (χ2n) is 6.17. The molecule has 8 heteroatoms. The topological polar surface area (TPSA) is 46.1 Å². The molecule has 0 N–H and O–H groups in total. The van der Waals surface area contributed by atoms with E-state index in [0.717, 1.165) is 24.4 Å². The van der Waals surface area contributed by atoms with Crippen LogP contribution in [0.5, 0.6) is 0 Å². The summed E-state index contributed by atoms with van der Waals surface area (Å²) in [6.45, 7) is 1.49. The molecule has 1 saturated carbocycles. The summed E-state index contributed by atoms with van der Waals surface area (Å²) in [6, 6.07) is 1.54. The quantitative estimate of drug-likeness (QED) is 0.851. The summed E-state index contributed by atoms with van der Waals surface area (Å²) in [4.78, 5) is 22.3. The fourth-order valence-electron chi connectivity index (χ4n) is 3.35. The first-order valence-electron chi connectivity index (χ1n) is 6.90. The molecule has 3 heterocycles. The lowest BCUT2D eigenvalue weighted by molar-refractivity contribution is -0.134. The summed E-state index contributed by atoms with van der Waals surface area (Å²) in [6.07, 6.45) is -2.54. The number of aromatic nitrogens is 2. The van der Waals surface area contributed by atoms with Gasteiger partial charge in [-0.3, -0.25) is 4.79 Å². The average Bonchev–Trinajstić information content (AvgIpc) is 2.71. The van der Waals surface area contributed by atoms with Gasteiger partial charge in [0.2, 0.25) is 0 Å². The molecule has 116 valence electrons. The summed E-state index contributed by atoms with van der Waals surface area (Å²) in [7, 11) is 0. The Labute approximate surface area is 128 Å². The second kappa shape index (κ2) is 4.41. The van der Waals surface area contributed by atoms with Gasteiger partial charge in [-0.2, -0.15) is 13.2 Å². The van der Waals surface area contributed by atoms with Crippen molar-refractivity contribution in [3.8, 4) is 0 Å². The van der Waals surface area contributed by atoms with Gasteiger partial charge in [0.1, 0.15) is 22.8 Å². The molecule has 1 aliphatic carbocycles. The Bertz CT molecular complexity index is 754. The molecule has 1 aliphatic heterocycles. The van der Waals surface area contributed by atoms with Gasteiger partial charge in [-0.25, -0.2) is 9.97 Å². The minimum absolute atomic E-state index is 0.0825. The maximum absolute atomic E-state index is 12.5. The van der Waals surface area contributed by atoms with Crippen molar-refractivity contribution in [1.82, 2.24) is 9.97 Å². The van der Waals surface area contributed by atoms with Crippen molar-refractivity contribution in [3.05, 3.63) is 17.3 Å². The number of ketones is 1. The van der Waals surface area contributed by atoms with E-state index in [1.807, 2.05) is 4.90 Å². The number of hydrogen-bond donors (Lipinski definition) is 0. The van der Waals surface area contributed by atoms with Crippen LogP contribution in [-0.4, -0.2) is 35.0 Å². The van der Waals surface area contributed by atoms with E-state index in [4.69, 9.17) is 0 Å². The predicted octanol–water partition coefficient (Wildman–Crippen LogP) is 2.97. The summed E-state index contributed by atoms with van der Waals surface area (Å²) in [5.41, 5.74) is 0.0825. The number of fused-ring (bicyclic) bond motifs is 1. The van der Waals surface area contributed by atoms with Crippen LogP contribution >= 0.6 is 11.3 Å². The molecule has 0 bridgehead atoms. The van der Waals surface area contributed by atoms with Crippen LogP contribution in [0.1, 0.15) is 17.7 Å². The summed E-state index contributed by atoms with van der Waals surface area (Å²) >= 11 is 1.06. The Kier molecular flexibility index (Phi) is 2.79. The molecule has 1 saturated heterocycles. The van der Waals surface area contributed by atoms with Crippen LogP contribution in [0.3, 0.4) is 0 Å². The van der Waals surface area contributed by atoms with Crippen molar-refractivity contribution < 1.29 is 18.0 Å². The Morgan fingerprint density at radius 2 is 2.00 bits per heavy atom. The molecule has 0 radical (unpaired) electrons. The molecule has 0 atom stereocenters. The van der Waals surface area contributed by atoms with Crippen LogP contribution in [0.4, 0.5) is 19.0 Å². The summed E-state index contributed by atoms with van der Waals surface area (Å²) < 4.78 is 37.6. The lowest BCUT2D eigenvalue weighted by Crippen LogP contribution is -2.63. The van der Waals surface area contributed by atoms with Gasteiger partial charge in [0.05, 0.1) is 11.8 Å². The van der Waals surface area contributed by atoms with Crippen molar-refractivity contribution in [1.29, 1.82) is 0 Å². The van der Waals surface area contributed by atoms with Gasteiger partial charge in [-0.1, -0.05) is 0 Å². The largest absolute Gasteiger partial charge is 0.393 e. The molecule has 2 aromatic rings. The number of halogens is 3. The minimum atomic E-state index is -4.22. The predicted molar refractivity (Wildman–Crippen MR) is 76.1 cm³/mol. The van der Waals surface area contributed by atoms with E-state index < -0.39 is 12.6 Å². The molecular formula is C14H12F3N3OS. The van der Waals surface area contributed by atoms with E-state index in [0.29, 0.717) is 28.9 Å². The fourth-order valence-corrected chi connectivity index (χ4v) is 4.37. The highest BCUT2D eigenvalue weighted by molar-refractivity contribution is 7.18. The third kappa shape index (κ3) is 2.25. The van der Waals surface area contributed by atoms with Gasteiger partial charge in [0.15, 0.2) is 0 Å². The van der Waals surface area contributed by atoms with Crippen LogP contribution in [0.25, 0.3) is 10.2 Å². The van der Waals surface area contributed by atoms with Gasteiger partial charge >= 0.3 is 6.18 Å². The highest BCUT2D eigenvalue weighted by Crippen LogP contribution is 2.48. The van der Waals surface area contributed by atoms with E-state index in [1.54, 1.807) is 6.07 Å². The molecule has 2 aromatic heterocycles. The Morgan fingerprint density at radius 1 is 1.27 bits per heavy atom. The first-order chi connectivity index (χ1) is 10.3.